The number of aliphatic imine (C=N–C) groups is 1. The van der Waals surface area contributed by atoms with E-state index < -0.39 is 44.5 Å². The van der Waals surface area contributed by atoms with Gasteiger partial charge >= 0.3 is 11.9 Å². The van der Waals surface area contributed by atoms with Crippen LogP contribution < -0.4 is 5.32 Å². The summed E-state index contributed by atoms with van der Waals surface area (Å²) < 4.78 is 46.9. The maximum atomic E-state index is 13.9. The molecule has 1 saturated carbocycles. The molecule has 1 saturated heterocycles. The number of methoxy groups -OCH3 is 1. The second-order valence-corrected chi connectivity index (χ2v) is 14.0. The number of piperidine rings is 1. The lowest BCUT2D eigenvalue weighted by Crippen LogP contribution is -2.54. The highest BCUT2D eigenvalue weighted by Crippen LogP contribution is 2.46. The van der Waals surface area contributed by atoms with Gasteiger partial charge < -0.3 is 15.2 Å². The van der Waals surface area contributed by atoms with Crippen molar-refractivity contribution in [3.8, 4) is 0 Å². The van der Waals surface area contributed by atoms with E-state index in [1.54, 1.807) is 18.5 Å². The number of aliphatic carboxylic acids is 1. The first-order valence-electron chi connectivity index (χ1n) is 12.7. The SMILES string of the molecule is COC(=O)C1=C(C2CCN(S(=O)(=O)[C@H]3C[C@@](C)(C(=O)O)C3)CC2)NC(c2nccs2)=N[C@@H]1c1ccc(F)cc1Cl. The van der Waals surface area contributed by atoms with Gasteiger partial charge in [0.1, 0.15) is 11.9 Å². The number of sulfonamides is 1. The molecule has 0 bridgehead atoms. The summed E-state index contributed by atoms with van der Waals surface area (Å²) in [4.78, 5) is 33.7. The number of carboxylic acids is 1. The van der Waals surface area contributed by atoms with E-state index in [0.717, 1.165) is 6.07 Å². The van der Waals surface area contributed by atoms with Gasteiger partial charge in [-0.3, -0.25) is 9.79 Å². The molecule has 1 aromatic heterocycles. The highest BCUT2D eigenvalue weighted by atomic mass is 35.5. The Morgan fingerprint density at radius 1 is 1.27 bits per heavy atom. The smallest absolute Gasteiger partial charge is 0.338 e. The molecule has 2 aromatic rings. The van der Waals surface area contributed by atoms with Gasteiger partial charge in [-0.1, -0.05) is 17.7 Å². The maximum Gasteiger partial charge on any atom is 0.338 e. The van der Waals surface area contributed by atoms with Crippen molar-refractivity contribution in [2.24, 2.45) is 16.3 Å². The molecular formula is C26H28ClFN4O6S2. The first-order valence-corrected chi connectivity index (χ1v) is 15.4. The van der Waals surface area contributed by atoms with Gasteiger partial charge in [0.25, 0.3) is 0 Å². The van der Waals surface area contributed by atoms with Crippen LogP contribution in [0.1, 0.15) is 49.2 Å². The van der Waals surface area contributed by atoms with E-state index in [1.807, 2.05) is 0 Å². The van der Waals surface area contributed by atoms with E-state index in [-0.39, 0.29) is 42.4 Å². The Kier molecular flexibility index (Phi) is 7.77. The van der Waals surface area contributed by atoms with Crippen LogP contribution in [0.15, 0.2) is 46.0 Å². The number of nitrogens with one attached hydrogen (secondary N) is 1. The Hall–Kier alpha value is -2.87. The van der Waals surface area contributed by atoms with Gasteiger partial charge in [0, 0.05) is 46.9 Å². The Balaban J connectivity index is 1.45. The van der Waals surface area contributed by atoms with Crippen LogP contribution in [0.3, 0.4) is 0 Å². The predicted octanol–water partition coefficient (Wildman–Crippen LogP) is 3.75. The lowest BCUT2D eigenvalue weighted by atomic mass is 9.70. The molecular weight excluding hydrogens is 583 g/mol. The van der Waals surface area contributed by atoms with E-state index >= 15 is 0 Å². The number of aromatic nitrogens is 1. The van der Waals surface area contributed by atoms with E-state index in [2.05, 4.69) is 10.3 Å². The van der Waals surface area contributed by atoms with Gasteiger partial charge in [-0.05, 0) is 44.7 Å². The van der Waals surface area contributed by atoms with Crippen molar-refractivity contribution in [2.75, 3.05) is 20.2 Å². The number of thiazole rings is 1. The molecule has 40 heavy (non-hydrogen) atoms. The molecule has 0 spiro atoms. The number of amidine groups is 1. The van der Waals surface area contributed by atoms with Crippen molar-refractivity contribution >= 4 is 50.7 Å². The van der Waals surface area contributed by atoms with Gasteiger partial charge in [0.2, 0.25) is 10.0 Å². The number of carbonyl (C=O) groups excluding carboxylic acids is 1. The number of halogens is 2. The van der Waals surface area contributed by atoms with Crippen LogP contribution in [0, 0.1) is 17.2 Å². The zero-order valence-electron chi connectivity index (χ0n) is 21.8. The molecule has 0 radical (unpaired) electrons. The molecule has 1 aromatic carbocycles. The summed E-state index contributed by atoms with van der Waals surface area (Å²) in [5.74, 6) is -1.98. The van der Waals surface area contributed by atoms with Gasteiger partial charge in [-0.15, -0.1) is 11.3 Å². The van der Waals surface area contributed by atoms with Crippen LogP contribution in [0.5, 0.6) is 0 Å². The summed E-state index contributed by atoms with van der Waals surface area (Å²) in [6.45, 7) is 1.98. The van der Waals surface area contributed by atoms with Crippen LogP contribution in [-0.4, -0.2) is 66.0 Å². The van der Waals surface area contributed by atoms with Crippen LogP contribution in [0.4, 0.5) is 4.39 Å². The third kappa shape index (κ3) is 5.15. The monoisotopic (exact) mass is 610 g/mol. The van der Waals surface area contributed by atoms with Crippen molar-refractivity contribution in [1.29, 1.82) is 0 Å². The van der Waals surface area contributed by atoms with E-state index in [1.165, 1.54) is 34.9 Å². The number of hydrogen-bond donors (Lipinski definition) is 2. The largest absolute Gasteiger partial charge is 0.481 e. The number of benzene rings is 1. The molecule has 0 amide bonds. The van der Waals surface area contributed by atoms with Crippen molar-refractivity contribution in [2.45, 2.75) is 43.9 Å². The summed E-state index contributed by atoms with van der Waals surface area (Å²) in [6, 6.07) is 2.98. The van der Waals surface area contributed by atoms with Gasteiger partial charge in [-0.2, -0.15) is 0 Å². The molecule has 10 nitrogen and oxygen atoms in total. The summed E-state index contributed by atoms with van der Waals surface area (Å²) in [7, 11) is -2.41. The third-order valence-electron chi connectivity index (χ3n) is 7.89. The highest BCUT2D eigenvalue weighted by Gasteiger charge is 2.53. The molecule has 1 atom stereocenters. The number of allylic oxidation sites excluding steroid dienone is 1. The van der Waals surface area contributed by atoms with Crippen molar-refractivity contribution in [1.82, 2.24) is 14.6 Å². The first kappa shape index (κ1) is 28.7. The molecule has 1 aliphatic carbocycles. The second kappa shape index (κ2) is 10.8. The number of ether oxygens (including phenoxy) is 1. The average molecular weight is 611 g/mol. The van der Waals surface area contributed by atoms with Gasteiger partial charge in [-0.25, -0.2) is 26.9 Å². The van der Waals surface area contributed by atoms with Crippen LogP contribution >= 0.6 is 22.9 Å². The zero-order valence-corrected chi connectivity index (χ0v) is 24.2. The lowest BCUT2D eigenvalue weighted by molar-refractivity contribution is -0.152. The predicted molar refractivity (Wildman–Crippen MR) is 147 cm³/mol. The van der Waals surface area contributed by atoms with Crippen molar-refractivity contribution < 1.29 is 32.2 Å². The van der Waals surface area contributed by atoms with E-state index in [9.17, 15) is 27.5 Å². The Bertz CT molecular complexity index is 1500. The highest BCUT2D eigenvalue weighted by molar-refractivity contribution is 7.89. The van der Waals surface area contributed by atoms with Crippen molar-refractivity contribution in [3.05, 3.63) is 62.5 Å². The van der Waals surface area contributed by atoms with E-state index in [0.29, 0.717) is 34.9 Å². The Labute approximate surface area is 240 Å². The molecule has 3 heterocycles. The minimum Gasteiger partial charge on any atom is -0.481 e. The summed E-state index contributed by atoms with van der Waals surface area (Å²) >= 11 is 7.76. The van der Waals surface area contributed by atoms with Gasteiger partial charge in [0.05, 0.1) is 23.3 Å². The topological polar surface area (TPSA) is 138 Å². The first-order chi connectivity index (χ1) is 18.9. The summed E-state index contributed by atoms with van der Waals surface area (Å²) in [6.07, 6.45) is 2.59. The maximum absolute atomic E-state index is 13.9. The Morgan fingerprint density at radius 3 is 2.55 bits per heavy atom. The molecule has 0 unspecified atom stereocenters. The minimum atomic E-state index is -3.67. The fourth-order valence-corrected chi connectivity index (χ4v) is 8.72. The molecule has 5 rings (SSSR count). The number of rotatable bonds is 7. The third-order valence-corrected chi connectivity index (χ3v) is 11.3. The fourth-order valence-electron chi connectivity index (χ4n) is 5.56. The summed E-state index contributed by atoms with van der Waals surface area (Å²) in [5.41, 5.74) is 0.151. The second-order valence-electron chi connectivity index (χ2n) is 10.4. The standard InChI is InChI=1S/C26H28ClFN4O6S2/c1-26(25(34)35)12-16(13-26)40(36,37)32-8-5-14(6-9-32)20-19(24(33)38-2)21(17-4-3-15(28)11-18(17)27)31-22(30-20)23-29-7-10-39-23/h3-4,7,10-11,14,16,21H,5-6,8-9,12-13H2,1-2H3,(H,30,31)(H,34,35)/t16-,21-,26+/m1/s1. The number of esters is 1. The molecule has 2 aliphatic heterocycles. The molecule has 3 aliphatic rings. The summed E-state index contributed by atoms with van der Waals surface area (Å²) in [5, 5.41) is 14.4. The Morgan fingerprint density at radius 2 is 1.98 bits per heavy atom. The zero-order chi connectivity index (χ0) is 28.8. The van der Waals surface area contributed by atoms with Crippen LogP contribution in [0.2, 0.25) is 5.02 Å². The number of nitrogens with zero attached hydrogens (tertiary/aromatic N) is 3. The van der Waals surface area contributed by atoms with Crippen LogP contribution in [-0.2, 0) is 24.3 Å². The minimum absolute atomic E-state index is 0.0809. The average Bonchev–Trinajstić information content (AvgIpc) is 3.45. The quantitative estimate of drug-likeness (QED) is 0.452. The van der Waals surface area contributed by atoms with Gasteiger partial charge in [0.15, 0.2) is 10.8 Å². The lowest BCUT2D eigenvalue weighted by Gasteiger charge is -2.44. The molecule has 2 N–H and O–H groups in total. The number of hydrogen-bond acceptors (Lipinski definition) is 9. The normalized spacial score (nSPS) is 26.1. The number of carbonyl (C=O) groups is 2. The van der Waals surface area contributed by atoms with Crippen LogP contribution in [0.25, 0.3) is 0 Å². The van der Waals surface area contributed by atoms with Crippen molar-refractivity contribution in [3.63, 3.8) is 0 Å². The molecule has 2 fully saturated rings. The fraction of sp³-hybridized carbons (Fsp3) is 0.462. The number of carboxylic acid groups (broad SMARTS) is 1. The molecule has 14 heteroatoms. The van der Waals surface area contributed by atoms with E-state index in [4.69, 9.17) is 21.3 Å². The molecule has 214 valence electrons.